The normalized spacial score (nSPS) is 21.4. The minimum absolute atomic E-state index is 0.966. The molecule has 1 aliphatic carbocycles. The summed E-state index contributed by atoms with van der Waals surface area (Å²) in [4.78, 5) is 0. The van der Waals surface area contributed by atoms with Gasteiger partial charge in [0, 0.05) is 5.22 Å². The topological polar surface area (TPSA) is 28.7 Å². The summed E-state index contributed by atoms with van der Waals surface area (Å²) < 4.78 is 0. The van der Waals surface area contributed by atoms with E-state index in [0.29, 0.717) is 0 Å². The monoisotopic (exact) mass is 132 g/mol. The molecule has 2 rings (SSSR count). The zero-order valence-electron chi connectivity index (χ0n) is 5.65. The molecule has 0 amide bonds. The largest absolute Gasteiger partial charge is 0.278 e. The van der Waals surface area contributed by atoms with Crippen molar-refractivity contribution < 1.29 is 0 Å². The van der Waals surface area contributed by atoms with Gasteiger partial charge >= 0.3 is 0 Å². The average Bonchev–Trinajstić information content (AvgIpc) is 2.42. The maximum Gasteiger partial charge on any atom is 0.0682 e. The summed E-state index contributed by atoms with van der Waals surface area (Å²) >= 11 is 0. The Morgan fingerprint density at radius 3 is 2.60 bits per heavy atom. The van der Waals surface area contributed by atoms with Gasteiger partial charge in [-0.2, -0.15) is 5.10 Å². The third-order valence-electron chi connectivity index (χ3n) is 1.71. The van der Waals surface area contributed by atoms with Crippen LogP contribution < -0.4 is 10.6 Å². The van der Waals surface area contributed by atoms with Crippen molar-refractivity contribution in [3.63, 3.8) is 0 Å². The highest BCUT2D eigenvalue weighted by atomic mass is 15.1. The number of allylic oxidation sites excluding steroid dienone is 1. The first-order valence-corrected chi connectivity index (χ1v) is 3.18. The molecule has 2 heteroatoms. The number of hydrogen-bond acceptors (Lipinski definition) is 1. The Morgan fingerprint density at radius 2 is 2.20 bits per heavy atom. The molecular formula is C8H8N2. The summed E-state index contributed by atoms with van der Waals surface area (Å²) in [6, 6.07) is 0. The molecule has 0 saturated heterocycles. The van der Waals surface area contributed by atoms with E-state index in [9.17, 15) is 0 Å². The minimum atomic E-state index is 0.966. The molecule has 1 saturated carbocycles. The fourth-order valence-corrected chi connectivity index (χ4v) is 1.01. The first kappa shape index (κ1) is 5.47. The van der Waals surface area contributed by atoms with Crippen LogP contribution in [-0.2, 0) is 0 Å². The molecule has 1 aromatic heterocycles. The molecule has 0 atom stereocenters. The molecule has 0 unspecified atom stereocenters. The van der Waals surface area contributed by atoms with Crippen molar-refractivity contribution in [2.45, 2.75) is 6.42 Å². The Balaban J connectivity index is 2.85. The van der Waals surface area contributed by atoms with Crippen molar-refractivity contribution in [3.8, 4) is 0 Å². The van der Waals surface area contributed by atoms with Crippen LogP contribution in [0, 0.1) is 0 Å². The second-order valence-corrected chi connectivity index (χ2v) is 2.53. The van der Waals surface area contributed by atoms with Gasteiger partial charge in [0.05, 0.1) is 11.5 Å². The maximum absolute atomic E-state index is 3.87. The predicted octanol–water partition coefficient (Wildman–Crippen LogP) is -0.0694. The molecule has 1 N–H and O–H groups in total. The third kappa shape index (κ3) is 0.620. The number of aromatic amines is 1. The summed E-state index contributed by atoms with van der Waals surface area (Å²) in [6.07, 6.45) is 2.75. The quantitative estimate of drug-likeness (QED) is 0.526. The van der Waals surface area contributed by atoms with Gasteiger partial charge in [0.25, 0.3) is 0 Å². The van der Waals surface area contributed by atoms with E-state index in [0.717, 1.165) is 17.0 Å². The SMILES string of the molecule is C=C1C/C1=c1/[nH]ncc1=C. The summed E-state index contributed by atoms with van der Waals surface area (Å²) in [7, 11) is 0. The lowest BCUT2D eigenvalue weighted by Crippen LogP contribution is -2.20. The van der Waals surface area contributed by atoms with Crippen molar-refractivity contribution in [2.24, 2.45) is 0 Å². The number of nitrogens with zero attached hydrogens (tertiary/aromatic N) is 1. The van der Waals surface area contributed by atoms with Gasteiger partial charge < -0.3 is 0 Å². The van der Waals surface area contributed by atoms with Crippen LogP contribution in [-0.4, -0.2) is 10.2 Å². The Bertz CT molecular complexity index is 384. The number of rotatable bonds is 0. The van der Waals surface area contributed by atoms with Crippen LogP contribution in [0.25, 0.3) is 12.2 Å². The van der Waals surface area contributed by atoms with Crippen LogP contribution in [0.5, 0.6) is 0 Å². The fourth-order valence-electron chi connectivity index (χ4n) is 1.01. The highest BCUT2D eigenvalue weighted by Crippen LogP contribution is 2.34. The second-order valence-electron chi connectivity index (χ2n) is 2.53. The van der Waals surface area contributed by atoms with Crippen LogP contribution in [0.4, 0.5) is 0 Å². The number of H-pyrrole nitrogens is 1. The zero-order valence-corrected chi connectivity index (χ0v) is 5.65. The van der Waals surface area contributed by atoms with E-state index in [1.807, 2.05) is 0 Å². The third-order valence-corrected chi connectivity index (χ3v) is 1.71. The van der Waals surface area contributed by atoms with Gasteiger partial charge in [-0.3, -0.25) is 5.10 Å². The molecule has 2 nitrogen and oxygen atoms in total. The molecule has 0 bridgehead atoms. The Morgan fingerprint density at radius 1 is 1.50 bits per heavy atom. The molecule has 1 heterocycles. The van der Waals surface area contributed by atoms with Crippen molar-refractivity contribution in [2.75, 3.05) is 0 Å². The number of aromatic nitrogens is 2. The van der Waals surface area contributed by atoms with Crippen molar-refractivity contribution >= 4 is 12.2 Å². The number of hydrogen-bond donors (Lipinski definition) is 1. The zero-order chi connectivity index (χ0) is 7.14. The van der Waals surface area contributed by atoms with Crippen molar-refractivity contribution in [1.82, 2.24) is 10.2 Å². The molecule has 1 fully saturated rings. The van der Waals surface area contributed by atoms with Gasteiger partial charge in [0.15, 0.2) is 0 Å². The van der Waals surface area contributed by atoms with E-state index in [4.69, 9.17) is 0 Å². The molecule has 50 valence electrons. The first-order chi connectivity index (χ1) is 4.79. The lowest BCUT2D eigenvalue weighted by atomic mass is 10.4. The van der Waals surface area contributed by atoms with Gasteiger partial charge in [-0.15, -0.1) is 0 Å². The van der Waals surface area contributed by atoms with E-state index in [1.165, 1.54) is 11.1 Å². The van der Waals surface area contributed by atoms with Gasteiger partial charge in [0.1, 0.15) is 0 Å². The molecule has 1 aromatic rings. The molecular weight excluding hydrogens is 124 g/mol. The van der Waals surface area contributed by atoms with Gasteiger partial charge in [-0.1, -0.05) is 13.2 Å². The maximum atomic E-state index is 3.87. The molecule has 0 aromatic carbocycles. The number of nitrogens with one attached hydrogen (secondary N) is 1. The lowest BCUT2D eigenvalue weighted by molar-refractivity contribution is 1.06. The van der Waals surface area contributed by atoms with E-state index >= 15 is 0 Å². The van der Waals surface area contributed by atoms with E-state index in [-0.39, 0.29) is 0 Å². The van der Waals surface area contributed by atoms with Crippen LogP contribution in [0.1, 0.15) is 6.42 Å². The summed E-state index contributed by atoms with van der Waals surface area (Å²) in [5.41, 5.74) is 2.48. The Kier molecular flexibility index (Phi) is 0.873. The van der Waals surface area contributed by atoms with Crippen LogP contribution >= 0.6 is 0 Å². The second kappa shape index (κ2) is 1.59. The van der Waals surface area contributed by atoms with Gasteiger partial charge in [-0.05, 0) is 17.6 Å². The summed E-state index contributed by atoms with van der Waals surface area (Å²) in [5.74, 6) is 0. The van der Waals surface area contributed by atoms with Crippen LogP contribution in [0.2, 0.25) is 0 Å². The molecule has 10 heavy (non-hydrogen) atoms. The Labute approximate surface area is 58.6 Å². The van der Waals surface area contributed by atoms with E-state index < -0.39 is 0 Å². The fraction of sp³-hybridized carbons (Fsp3) is 0.125. The highest BCUT2D eigenvalue weighted by molar-refractivity contribution is 5.80. The van der Waals surface area contributed by atoms with E-state index in [1.54, 1.807) is 6.20 Å². The van der Waals surface area contributed by atoms with Gasteiger partial charge in [0.2, 0.25) is 0 Å². The standard InChI is InChI=1S/C8H8N2/c1-5-3-7(5)8-6(2)4-9-10-8/h4,10H,1-3H2/b8-7-. The molecule has 0 spiro atoms. The smallest absolute Gasteiger partial charge is 0.0682 e. The predicted molar refractivity (Wildman–Crippen MR) is 40.5 cm³/mol. The van der Waals surface area contributed by atoms with Crippen LogP contribution in [0.3, 0.4) is 0 Å². The van der Waals surface area contributed by atoms with E-state index in [2.05, 4.69) is 23.4 Å². The average molecular weight is 132 g/mol. The highest BCUT2D eigenvalue weighted by Gasteiger charge is 2.19. The summed E-state index contributed by atoms with van der Waals surface area (Å²) in [5, 5.41) is 8.78. The minimum Gasteiger partial charge on any atom is -0.278 e. The summed E-state index contributed by atoms with van der Waals surface area (Å²) in [6.45, 7) is 7.65. The van der Waals surface area contributed by atoms with Crippen molar-refractivity contribution in [3.05, 3.63) is 28.9 Å². The molecule has 0 aliphatic heterocycles. The lowest BCUT2D eigenvalue weighted by Gasteiger charge is -1.69. The van der Waals surface area contributed by atoms with Crippen molar-refractivity contribution in [1.29, 1.82) is 0 Å². The van der Waals surface area contributed by atoms with Gasteiger partial charge in [-0.25, -0.2) is 0 Å². The Hall–Kier alpha value is -1.31. The molecule has 0 radical (unpaired) electrons. The first-order valence-electron chi connectivity index (χ1n) is 3.18. The van der Waals surface area contributed by atoms with Crippen LogP contribution in [0.15, 0.2) is 18.3 Å². The molecule has 1 aliphatic rings.